The number of imidazole rings is 1. The van der Waals surface area contributed by atoms with Gasteiger partial charge in [0, 0.05) is 36.6 Å². The number of pyridine rings is 1. The third-order valence-corrected chi connectivity index (χ3v) is 7.01. The molecule has 3 heterocycles. The molecule has 3 aromatic rings. The van der Waals surface area contributed by atoms with Gasteiger partial charge in [0.2, 0.25) is 5.91 Å². The van der Waals surface area contributed by atoms with Gasteiger partial charge in [0.05, 0.1) is 18.5 Å². The topological polar surface area (TPSA) is 114 Å². The van der Waals surface area contributed by atoms with E-state index in [1.165, 1.54) is 17.4 Å². The van der Waals surface area contributed by atoms with Gasteiger partial charge in [-0.3, -0.25) is 14.6 Å². The van der Waals surface area contributed by atoms with E-state index in [0.717, 1.165) is 37.1 Å². The molecule has 1 fully saturated rings. The Kier molecular flexibility index (Phi) is 6.61. The molecule has 0 radical (unpaired) electrons. The van der Waals surface area contributed by atoms with Crippen molar-refractivity contribution in [1.82, 2.24) is 30.1 Å². The van der Waals surface area contributed by atoms with Gasteiger partial charge in [0.15, 0.2) is 0 Å². The third kappa shape index (κ3) is 4.69. The molecule has 1 aliphatic carbocycles. The molecule has 1 aliphatic heterocycles. The van der Waals surface area contributed by atoms with Gasteiger partial charge < -0.3 is 25.2 Å². The molecule has 0 saturated carbocycles. The first-order valence-electron chi connectivity index (χ1n) is 12.0. The van der Waals surface area contributed by atoms with Crippen LogP contribution in [0, 0.1) is 0 Å². The van der Waals surface area contributed by atoms with Gasteiger partial charge in [0.25, 0.3) is 5.91 Å². The Hall–Kier alpha value is -3.56. The summed E-state index contributed by atoms with van der Waals surface area (Å²) in [6.45, 7) is 1.79. The normalized spacial score (nSPS) is 21.3. The molecule has 182 valence electrons. The Labute approximate surface area is 204 Å². The van der Waals surface area contributed by atoms with Crippen LogP contribution in [0.2, 0.25) is 0 Å². The summed E-state index contributed by atoms with van der Waals surface area (Å²) in [5.74, 6) is -0.715. The summed E-state index contributed by atoms with van der Waals surface area (Å²) in [5, 5.41) is 14.4. The molecule has 3 N–H and O–H groups in total. The minimum atomic E-state index is -0.988. The van der Waals surface area contributed by atoms with Crippen molar-refractivity contribution in [3.8, 4) is 0 Å². The average Bonchev–Trinajstić information content (AvgIpc) is 3.52. The summed E-state index contributed by atoms with van der Waals surface area (Å²) in [7, 11) is 2.07. The molecule has 5 rings (SSSR count). The summed E-state index contributed by atoms with van der Waals surface area (Å²) < 4.78 is 0. The second-order valence-electron chi connectivity index (χ2n) is 9.36. The number of likely N-dealkylation sites (tertiary alicyclic amines) is 1. The number of nitrogens with zero attached hydrogens (tertiary/aromatic N) is 4. The fourth-order valence-electron chi connectivity index (χ4n) is 5.21. The molecule has 3 atom stereocenters. The van der Waals surface area contributed by atoms with E-state index in [9.17, 15) is 14.7 Å². The number of aromatic nitrogens is 3. The maximum Gasteiger partial charge on any atom is 0.275 e. The molecular formula is C26H30N6O3. The highest BCUT2D eigenvalue weighted by Crippen LogP contribution is 2.41. The molecule has 3 unspecified atom stereocenters. The van der Waals surface area contributed by atoms with Crippen molar-refractivity contribution < 1.29 is 14.7 Å². The molecule has 0 spiro atoms. The van der Waals surface area contributed by atoms with Crippen molar-refractivity contribution in [2.24, 2.45) is 0 Å². The number of carbonyl (C=O) groups is 2. The summed E-state index contributed by atoms with van der Waals surface area (Å²) in [4.78, 5) is 42.8. The lowest BCUT2D eigenvalue weighted by molar-refractivity contribution is -0.128. The van der Waals surface area contributed by atoms with E-state index in [1.54, 1.807) is 24.5 Å². The molecule has 1 saturated heterocycles. The predicted molar refractivity (Wildman–Crippen MR) is 129 cm³/mol. The van der Waals surface area contributed by atoms with Crippen LogP contribution in [0.1, 0.15) is 52.1 Å². The Balaban J connectivity index is 1.57. The van der Waals surface area contributed by atoms with Gasteiger partial charge in [-0.15, -0.1) is 0 Å². The summed E-state index contributed by atoms with van der Waals surface area (Å²) in [6.07, 6.45) is 7.41. The second kappa shape index (κ2) is 9.97. The minimum Gasteiger partial charge on any atom is -0.390 e. The van der Waals surface area contributed by atoms with Gasteiger partial charge >= 0.3 is 0 Å². The molecule has 1 aromatic carbocycles. The molecule has 0 bridgehead atoms. The lowest BCUT2D eigenvalue weighted by Crippen LogP contribution is -2.51. The van der Waals surface area contributed by atoms with E-state index in [4.69, 9.17) is 0 Å². The van der Waals surface area contributed by atoms with Crippen LogP contribution < -0.4 is 5.32 Å². The Morgan fingerprint density at radius 1 is 1.20 bits per heavy atom. The molecule has 2 aromatic heterocycles. The summed E-state index contributed by atoms with van der Waals surface area (Å²) in [6, 6.07) is 9.54. The number of rotatable bonds is 6. The van der Waals surface area contributed by atoms with Crippen molar-refractivity contribution in [3.05, 3.63) is 83.7 Å². The highest BCUT2D eigenvalue weighted by atomic mass is 16.3. The molecule has 9 heteroatoms. The quantitative estimate of drug-likeness (QED) is 0.503. The molecular weight excluding hydrogens is 444 g/mol. The van der Waals surface area contributed by atoms with Crippen molar-refractivity contribution in [2.45, 2.75) is 43.5 Å². The molecule has 2 aliphatic rings. The van der Waals surface area contributed by atoms with E-state index in [-0.39, 0.29) is 17.6 Å². The van der Waals surface area contributed by atoms with Gasteiger partial charge in [0.1, 0.15) is 11.7 Å². The van der Waals surface area contributed by atoms with Crippen LogP contribution in [-0.4, -0.2) is 74.0 Å². The van der Waals surface area contributed by atoms with Crippen LogP contribution in [0.25, 0.3) is 0 Å². The van der Waals surface area contributed by atoms with Crippen molar-refractivity contribution in [3.63, 3.8) is 0 Å². The fourth-order valence-corrected chi connectivity index (χ4v) is 5.21. The number of benzene rings is 1. The first kappa shape index (κ1) is 23.2. The van der Waals surface area contributed by atoms with Crippen LogP contribution in [0.5, 0.6) is 0 Å². The van der Waals surface area contributed by atoms with Gasteiger partial charge in [-0.1, -0.05) is 30.3 Å². The van der Waals surface area contributed by atoms with Crippen LogP contribution in [-0.2, 0) is 11.2 Å². The molecule has 9 nitrogen and oxygen atoms in total. The van der Waals surface area contributed by atoms with Crippen LogP contribution in [0.3, 0.4) is 0 Å². The lowest BCUT2D eigenvalue weighted by Gasteiger charge is -2.38. The number of aliphatic hydroxyl groups is 1. The van der Waals surface area contributed by atoms with Crippen LogP contribution >= 0.6 is 0 Å². The van der Waals surface area contributed by atoms with E-state index in [0.29, 0.717) is 12.0 Å². The SMILES string of the molecule is CN1CCC(NC(=O)C(c2cccnc2)N(C(=O)c2c[nH]cn2)C2c3ccccc3CC2O)CC1. The Morgan fingerprint density at radius 2 is 2.00 bits per heavy atom. The molecule has 35 heavy (non-hydrogen) atoms. The van der Waals surface area contributed by atoms with E-state index in [2.05, 4.69) is 32.2 Å². The second-order valence-corrected chi connectivity index (χ2v) is 9.36. The minimum absolute atomic E-state index is 0.0148. The number of amides is 2. The maximum atomic E-state index is 13.9. The highest BCUT2D eigenvalue weighted by molar-refractivity contribution is 5.97. The number of nitrogens with one attached hydrogen (secondary N) is 2. The van der Waals surface area contributed by atoms with Gasteiger partial charge in [-0.2, -0.15) is 0 Å². The van der Waals surface area contributed by atoms with E-state index in [1.807, 2.05) is 24.3 Å². The summed E-state index contributed by atoms with van der Waals surface area (Å²) in [5.41, 5.74) is 2.57. The first-order chi connectivity index (χ1) is 17.0. The third-order valence-electron chi connectivity index (χ3n) is 7.01. The number of hydrogen-bond donors (Lipinski definition) is 3. The number of aliphatic hydroxyl groups excluding tert-OH is 1. The monoisotopic (exact) mass is 474 g/mol. The van der Waals surface area contributed by atoms with E-state index >= 15 is 0 Å². The number of carbonyl (C=O) groups excluding carboxylic acids is 2. The lowest BCUT2D eigenvalue weighted by atomic mass is 9.97. The number of aromatic amines is 1. The zero-order valence-corrected chi connectivity index (χ0v) is 19.7. The Bertz CT molecular complexity index is 1160. The summed E-state index contributed by atoms with van der Waals surface area (Å²) >= 11 is 0. The average molecular weight is 475 g/mol. The number of piperidine rings is 1. The molecule has 2 amide bonds. The van der Waals surface area contributed by atoms with Crippen molar-refractivity contribution in [2.75, 3.05) is 20.1 Å². The number of H-pyrrole nitrogens is 1. The van der Waals surface area contributed by atoms with E-state index < -0.39 is 24.1 Å². The zero-order chi connectivity index (χ0) is 24.4. The fraction of sp³-hybridized carbons (Fsp3) is 0.385. The number of hydrogen-bond acceptors (Lipinski definition) is 6. The van der Waals surface area contributed by atoms with Crippen molar-refractivity contribution >= 4 is 11.8 Å². The van der Waals surface area contributed by atoms with Crippen LogP contribution in [0.4, 0.5) is 0 Å². The van der Waals surface area contributed by atoms with Crippen molar-refractivity contribution in [1.29, 1.82) is 0 Å². The smallest absolute Gasteiger partial charge is 0.275 e. The van der Waals surface area contributed by atoms with Crippen LogP contribution in [0.15, 0.2) is 61.3 Å². The largest absolute Gasteiger partial charge is 0.390 e. The maximum absolute atomic E-state index is 13.9. The highest BCUT2D eigenvalue weighted by Gasteiger charge is 2.45. The zero-order valence-electron chi connectivity index (χ0n) is 19.7. The van der Waals surface area contributed by atoms with Gasteiger partial charge in [-0.05, 0) is 50.2 Å². The first-order valence-corrected chi connectivity index (χ1v) is 12.0. The Morgan fingerprint density at radius 3 is 2.71 bits per heavy atom. The number of fused-ring (bicyclic) bond motifs is 1. The standard InChI is InChI=1S/C26H30N6O3/c1-31-11-8-19(9-12-31)30-25(34)23(18-6-4-10-27-14-18)32(26(35)21-15-28-16-29-21)24-20-7-3-2-5-17(20)13-22(24)33/h2-7,10,14-16,19,22-24,33H,8-9,11-13H2,1H3,(H,28,29)(H,30,34). The van der Waals surface area contributed by atoms with Gasteiger partial charge in [-0.25, -0.2) is 4.98 Å². The predicted octanol–water partition coefficient (Wildman–Crippen LogP) is 1.86.